The Morgan fingerprint density at radius 3 is 2.12 bits per heavy atom. The molecule has 33 heavy (non-hydrogen) atoms. The van der Waals surface area contributed by atoms with Crippen LogP contribution in [0.5, 0.6) is 5.75 Å². The third-order valence-electron chi connectivity index (χ3n) is 4.81. The molecule has 0 aromatic heterocycles. The molecule has 0 spiro atoms. The van der Waals surface area contributed by atoms with Crippen LogP contribution in [0.3, 0.4) is 0 Å². The number of esters is 1. The number of aliphatic carboxylic acids is 2. The SMILES string of the molecule is CC(CC(=O)O)(CC(=O)O)O[C@@H]1O[C@H](COC(=O)/C=C/c2ccc(O)cc2)[C@@H](O)[C@H](O)[C@H]1O. The lowest BCUT2D eigenvalue weighted by Crippen LogP contribution is -2.61. The van der Waals surface area contributed by atoms with Crippen LogP contribution in [0, 0.1) is 0 Å². The van der Waals surface area contributed by atoms with E-state index in [1.54, 1.807) is 12.1 Å². The van der Waals surface area contributed by atoms with Gasteiger partial charge >= 0.3 is 17.9 Å². The summed E-state index contributed by atoms with van der Waals surface area (Å²) in [6, 6.07) is 5.95. The van der Waals surface area contributed by atoms with Crippen LogP contribution < -0.4 is 0 Å². The van der Waals surface area contributed by atoms with Crippen LogP contribution in [0.2, 0.25) is 0 Å². The molecule has 0 unspecified atom stereocenters. The van der Waals surface area contributed by atoms with Crippen LogP contribution >= 0.6 is 0 Å². The average Bonchev–Trinajstić information content (AvgIpc) is 2.71. The number of hydrogen-bond donors (Lipinski definition) is 6. The standard InChI is InChI=1S/C21H26O12/c1-21(8-14(23)24,9-15(25)26)33-20-19(30)18(29)17(28)13(32-20)10-31-16(27)7-4-11-2-5-12(22)6-3-11/h2-7,13,17-20,22,28-30H,8-10H2,1H3,(H,23,24)(H,25,26)/b7-4+/t13-,17-,18+,19-,20+/m1/s1. The second kappa shape index (κ2) is 11.2. The second-order valence-electron chi connectivity index (χ2n) is 7.78. The van der Waals surface area contributed by atoms with E-state index in [9.17, 15) is 34.8 Å². The first-order valence-electron chi connectivity index (χ1n) is 9.85. The normalized spacial score (nSPS) is 25.6. The van der Waals surface area contributed by atoms with Gasteiger partial charge in [0, 0.05) is 6.08 Å². The Morgan fingerprint density at radius 1 is 1.00 bits per heavy atom. The Bertz CT molecular complexity index is 849. The first-order chi connectivity index (χ1) is 15.4. The molecule has 182 valence electrons. The van der Waals surface area contributed by atoms with Crippen molar-refractivity contribution in [1.82, 2.24) is 0 Å². The van der Waals surface area contributed by atoms with Crippen molar-refractivity contribution < 1.29 is 59.2 Å². The van der Waals surface area contributed by atoms with Crippen LogP contribution in [0.15, 0.2) is 30.3 Å². The summed E-state index contributed by atoms with van der Waals surface area (Å²) < 4.78 is 15.8. The molecule has 1 aromatic carbocycles. The fourth-order valence-electron chi connectivity index (χ4n) is 3.18. The monoisotopic (exact) mass is 470 g/mol. The summed E-state index contributed by atoms with van der Waals surface area (Å²) in [6.45, 7) is 0.629. The number of carbonyl (C=O) groups is 3. The van der Waals surface area contributed by atoms with E-state index in [1.165, 1.54) is 25.1 Å². The lowest BCUT2D eigenvalue weighted by Gasteiger charge is -2.43. The van der Waals surface area contributed by atoms with Crippen LogP contribution in [0.4, 0.5) is 0 Å². The molecule has 1 aliphatic rings. The molecule has 0 amide bonds. The smallest absolute Gasteiger partial charge is 0.330 e. The molecule has 1 heterocycles. The van der Waals surface area contributed by atoms with Gasteiger partial charge in [-0.25, -0.2) is 4.79 Å². The van der Waals surface area contributed by atoms with Crippen LogP contribution in [-0.4, -0.2) is 91.5 Å². The van der Waals surface area contributed by atoms with E-state index in [1.807, 2.05) is 0 Å². The first kappa shape index (κ1) is 26.2. The van der Waals surface area contributed by atoms with Gasteiger partial charge in [0.1, 0.15) is 36.8 Å². The van der Waals surface area contributed by atoms with Gasteiger partial charge in [0.05, 0.1) is 18.4 Å². The van der Waals surface area contributed by atoms with Crippen molar-refractivity contribution in [2.24, 2.45) is 0 Å². The minimum absolute atomic E-state index is 0.0542. The van der Waals surface area contributed by atoms with Gasteiger partial charge in [-0.3, -0.25) is 9.59 Å². The number of benzene rings is 1. The molecule has 1 fully saturated rings. The predicted molar refractivity (Wildman–Crippen MR) is 109 cm³/mol. The Morgan fingerprint density at radius 2 is 1.58 bits per heavy atom. The fourth-order valence-corrected chi connectivity index (χ4v) is 3.18. The average molecular weight is 470 g/mol. The number of carboxylic acid groups (broad SMARTS) is 2. The van der Waals surface area contributed by atoms with Crippen molar-refractivity contribution in [3.8, 4) is 5.75 Å². The molecule has 2 rings (SSSR count). The molecular weight excluding hydrogens is 444 g/mol. The van der Waals surface area contributed by atoms with Gasteiger partial charge in [-0.15, -0.1) is 0 Å². The summed E-state index contributed by atoms with van der Waals surface area (Å²) in [5.74, 6) is -3.50. The molecular formula is C21H26O12. The largest absolute Gasteiger partial charge is 0.508 e. The summed E-state index contributed by atoms with van der Waals surface area (Å²) in [4.78, 5) is 34.2. The van der Waals surface area contributed by atoms with Gasteiger partial charge in [-0.1, -0.05) is 12.1 Å². The number of carbonyl (C=O) groups excluding carboxylic acids is 1. The zero-order valence-corrected chi connectivity index (χ0v) is 17.6. The summed E-state index contributed by atoms with van der Waals surface area (Å²) in [5.41, 5.74) is -1.21. The molecule has 0 radical (unpaired) electrons. The topological polar surface area (TPSA) is 200 Å². The van der Waals surface area contributed by atoms with Gasteiger partial charge in [0.25, 0.3) is 0 Å². The Kier molecular flexibility index (Phi) is 8.91. The van der Waals surface area contributed by atoms with Gasteiger partial charge in [0.2, 0.25) is 0 Å². The van der Waals surface area contributed by atoms with E-state index >= 15 is 0 Å². The Balaban J connectivity index is 2.03. The minimum atomic E-state index is -1.83. The number of phenols is 1. The van der Waals surface area contributed by atoms with E-state index < -0.39 is 73.7 Å². The fraction of sp³-hybridized carbons (Fsp3) is 0.476. The van der Waals surface area contributed by atoms with Gasteiger partial charge < -0.3 is 44.8 Å². The number of aliphatic hydroxyl groups is 3. The Hall–Kier alpha value is -3.03. The van der Waals surface area contributed by atoms with Gasteiger partial charge in [0.15, 0.2) is 6.29 Å². The molecule has 12 heteroatoms. The molecule has 1 aromatic rings. The van der Waals surface area contributed by atoms with Crippen LogP contribution in [0.25, 0.3) is 6.08 Å². The maximum Gasteiger partial charge on any atom is 0.330 e. The number of aliphatic hydroxyl groups excluding tert-OH is 3. The number of hydrogen-bond acceptors (Lipinski definition) is 10. The summed E-state index contributed by atoms with van der Waals surface area (Å²) in [7, 11) is 0. The Labute approximate surface area is 188 Å². The van der Waals surface area contributed by atoms with Crippen molar-refractivity contribution in [2.45, 2.75) is 56.1 Å². The van der Waals surface area contributed by atoms with E-state index in [2.05, 4.69) is 0 Å². The van der Waals surface area contributed by atoms with Crippen molar-refractivity contribution in [3.63, 3.8) is 0 Å². The molecule has 5 atom stereocenters. The molecule has 0 saturated carbocycles. The minimum Gasteiger partial charge on any atom is -0.508 e. The second-order valence-corrected chi connectivity index (χ2v) is 7.78. The lowest BCUT2D eigenvalue weighted by atomic mass is 9.95. The van der Waals surface area contributed by atoms with E-state index in [-0.39, 0.29) is 5.75 Å². The predicted octanol–water partition coefficient (Wildman–Crippen LogP) is -0.519. The first-order valence-corrected chi connectivity index (χ1v) is 9.85. The maximum absolute atomic E-state index is 12.0. The number of phenolic OH excluding ortho intramolecular Hbond substituents is 1. The number of rotatable bonds is 10. The van der Waals surface area contributed by atoms with Crippen molar-refractivity contribution in [1.29, 1.82) is 0 Å². The highest BCUT2D eigenvalue weighted by molar-refractivity contribution is 5.87. The summed E-state index contributed by atoms with van der Waals surface area (Å²) in [6.07, 6.45) is -7.38. The maximum atomic E-state index is 12.0. The third kappa shape index (κ3) is 7.80. The summed E-state index contributed by atoms with van der Waals surface area (Å²) >= 11 is 0. The molecule has 0 bridgehead atoms. The van der Waals surface area contributed by atoms with Crippen molar-refractivity contribution in [3.05, 3.63) is 35.9 Å². The summed E-state index contributed by atoms with van der Waals surface area (Å²) in [5, 5.41) is 57.8. The van der Waals surface area contributed by atoms with Crippen molar-refractivity contribution in [2.75, 3.05) is 6.61 Å². The highest BCUT2D eigenvalue weighted by Gasteiger charge is 2.47. The van der Waals surface area contributed by atoms with Crippen molar-refractivity contribution >= 4 is 24.0 Å². The quantitative estimate of drug-likeness (QED) is 0.189. The van der Waals surface area contributed by atoms with Gasteiger partial charge in [-0.05, 0) is 30.7 Å². The zero-order valence-electron chi connectivity index (χ0n) is 17.6. The highest BCUT2D eigenvalue weighted by atomic mass is 16.7. The van der Waals surface area contributed by atoms with E-state index in [4.69, 9.17) is 24.4 Å². The lowest BCUT2D eigenvalue weighted by molar-refractivity contribution is -0.325. The van der Waals surface area contributed by atoms with E-state index in [0.29, 0.717) is 5.56 Å². The van der Waals surface area contributed by atoms with E-state index in [0.717, 1.165) is 6.08 Å². The molecule has 1 saturated heterocycles. The molecule has 12 nitrogen and oxygen atoms in total. The zero-order chi connectivity index (χ0) is 24.8. The van der Waals surface area contributed by atoms with Gasteiger partial charge in [-0.2, -0.15) is 0 Å². The third-order valence-corrected chi connectivity index (χ3v) is 4.81. The highest BCUT2D eigenvalue weighted by Crippen LogP contribution is 2.29. The van der Waals surface area contributed by atoms with Crippen LogP contribution in [0.1, 0.15) is 25.3 Å². The molecule has 1 aliphatic heterocycles. The van der Waals surface area contributed by atoms with Crippen LogP contribution in [-0.2, 0) is 28.6 Å². The molecule has 6 N–H and O–H groups in total. The number of carboxylic acids is 2. The molecule has 0 aliphatic carbocycles. The number of aromatic hydroxyl groups is 1. The number of ether oxygens (including phenoxy) is 3.